The predicted octanol–water partition coefficient (Wildman–Crippen LogP) is 1.34. The molecule has 78 valence electrons. The second kappa shape index (κ2) is 4.83. The maximum Gasteiger partial charge on any atom is 0.231 e. The minimum atomic E-state index is 0. The lowest BCUT2D eigenvalue weighted by Crippen LogP contribution is -2.10. The Morgan fingerprint density at radius 1 is 1.29 bits per heavy atom. The summed E-state index contributed by atoms with van der Waals surface area (Å²) in [6, 6.07) is 6.08. The fourth-order valence-corrected chi connectivity index (χ4v) is 1.37. The van der Waals surface area contributed by atoms with Crippen LogP contribution in [0.15, 0.2) is 18.2 Å². The molecule has 1 aromatic carbocycles. The van der Waals surface area contributed by atoms with Crippen LogP contribution in [0.4, 0.5) is 0 Å². The number of ether oxygens (including phenoxy) is 2. The van der Waals surface area contributed by atoms with Gasteiger partial charge in [-0.1, -0.05) is 6.07 Å². The van der Waals surface area contributed by atoms with Gasteiger partial charge in [0.1, 0.15) is 0 Å². The Morgan fingerprint density at radius 2 is 2.07 bits per heavy atom. The van der Waals surface area contributed by atoms with E-state index < -0.39 is 0 Å². The fraction of sp³-hybridized carbons (Fsp3) is 0.400. The predicted molar refractivity (Wildman–Crippen MR) is 55.2 cm³/mol. The first kappa shape index (κ1) is 10.8. The molecule has 4 heteroatoms. The van der Waals surface area contributed by atoms with Crippen LogP contribution in [0, 0.1) is 0 Å². The number of fused-ring (bicyclic) bond motifs is 1. The molecule has 0 saturated heterocycles. The first-order valence-corrected chi connectivity index (χ1v) is 4.43. The molecule has 0 saturated carbocycles. The maximum absolute atomic E-state index is 5.28. The summed E-state index contributed by atoms with van der Waals surface area (Å²) < 4.78 is 10.5. The van der Waals surface area contributed by atoms with Crippen molar-refractivity contribution in [2.45, 2.75) is 6.42 Å². The van der Waals surface area contributed by atoms with Crippen molar-refractivity contribution in [3.63, 3.8) is 0 Å². The van der Waals surface area contributed by atoms with E-state index in [-0.39, 0.29) is 6.15 Å². The highest BCUT2D eigenvalue weighted by atomic mass is 16.7. The first-order valence-electron chi connectivity index (χ1n) is 4.43. The van der Waals surface area contributed by atoms with E-state index in [4.69, 9.17) is 9.47 Å². The molecule has 1 heterocycles. The largest absolute Gasteiger partial charge is 0.454 e. The average molecular weight is 196 g/mol. The van der Waals surface area contributed by atoms with E-state index >= 15 is 0 Å². The molecule has 0 fully saturated rings. The standard InChI is InChI=1S/C10H13NO2.H3N/c1-11-5-4-8-2-3-9-10(6-8)13-7-12-9;/h2-3,6,11H,4-5,7H2,1H3;1H3. The Labute approximate surface area is 83.8 Å². The smallest absolute Gasteiger partial charge is 0.231 e. The van der Waals surface area contributed by atoms with Gasteiger partial charge >= 0.3 is 0 Å². The second-order valence-corrected chi connectivity index (χ2v) is 3.04. The van der Waals surface area contributed by atoms with Crippen LogP contribution in [-0.2, 0) is 6.42 Å². The first-order chi connectivity index (χ1) is 6.40. The van der Waals surface area contributed by atoms with Crippen molar-refractivity contribution in [3.05, 3.63) is 23.8 Å². The quantitative estimate of drug-likeness (QED) is 0.765. The monoisotopic (exact) mass is 196 g/mol. The molecule has 1 aromatic rings. The van der Waals surface area contributed by atoms with Gasteiger partial charge in [-0.25, -0.2) is 0 Å². The summed E-state index contributed by atoms with van der Waals surface area (Å²) in [4.78, 5) is 0. The molecule has 2 rings (SSSR count). The number of nitrogens with one attached hydrogen (secondary N) is 1. The van der Waals surface area contributed by atoms with Crippen molar-refractivity contribution in [2.24, 2.45) is 0 Å². The lowest BCUT2D eigenvalue weighted by atomic mass is 10.1. The summed E-state index contributed by atoms with van der Waals surface area (Å²) >= 11 is 0. The number of likely N-dealkylation sites (N-methyl/N-ethyl adjacent to an activating group) is 1. The van der Waals surface area contributed by atoms with Gasteiger partial charge in [-0.2, -0.15) is 0 Å². The van der Waals surface area contributed by atoms with Crippen molar-refractivity contribution in [2.75, 3.05) is 20.4 Å². The molecule has 0 atom stereocenters. The summed E-state index contributed by atoms with van der Waals surface area (Å²) in [7, 11) is 1.95. The average Bonchev–Trinajstić information content (AvgIpc) is 2.61. The maximum atomic E-state index is 5.28. The third kappa shape index (κ3) is 2.16. The zero-order valence-corrected chi connectivity index (χ0v) is 8.38. The van der Waals surface area contributed by atoms with Crippen molar-refractivity contribution in [3.8, 4) is 11.5 Å². The van der Waals surface area contributed by atoms with Gasteiger partial charge in [-0.05, 0) is 37.7 Å². The Hall–Kier alpha value is -1.26. The molecule has 1 aliphatic heterocycles. The number of hydrogen-bond donors (Lipinski definition) is 2. The van der Waals surface area contributed by atoms with Gasteiger partial charge in [0.2, 0.25) is 6.79 Å². The third-order valence-electron chi connectivity index (χ3n) is 2.10. The minimum Gasteiger partial charge on any atom is -0.454 e. The van der Waals surface area contributed by atoms with E-state index in [2.05, 4.69) is 11.4 Å². The van der Waals surface area contributed by atoms with Gasteiger partial charge < -0.3 is 20.9 Å². The zero-order valence-electron chi connectivity index (χ0n) is 8.38. The van der Waals surface area contributed by atoms with Crippen LogP contribution in [-0.4, -0.2) is 20.4 Å². The van der Waals surface area contributed by atoms with E-state index in [1.807, 2.05) is 19.2 Å². The summed E-state index contributed by atoms with van der Waals surface area (Å²) in [6.07, 6.45) is 1.02. The van der Waals surface area contributed by atoms with Crippen molar-refractivity contribution >= 4 is 0 Å². The van der Waals surface area contributed by atoms with Crippen LogP contribution >= 0.6 is 0 Å². The number of benzene rings is 1. The number of hydrogen-bond acceptors (Lipinski definition) is 4. The normalized spacial score (nSPS) is 12.4. The second-order valence-electron chi connectivity index (χ2n) is 3.04. The summed E-state index contributed by atoms with van der Waals surface area (Å²) in [5.41, 5.74) is 1.28. The Morgan fingerprint density at radius 3 is 2.86 bits per heavy atom. The van der Waals surface area contributed by atoms with Crippen LogP contribution in [0.25, 0.3) is 0 Å². The third-order valence-corrected chi connectivity index (χ3v) is 2.10. The highest BCUT2D eigenvalue weighted by Crippen LogP contribution is 2.32. The van der Waals surface area contributed by atoms with Gasteiger partial charge in [0, 0.05) is 0 Å². The van der Waals surface area contributed by atoms with Gasteiger partial charge in [0.05, 0.1) is 0 Å². The van der Waals surface area contributed by atoms with E-state index in [1.54, 1.807) is 0 Å². The van der Waals surface area contributed by atoms with E-state index in [9.17, 15) is 0 Å². The lowest BCUT2D eigenvalue weighted by molar-refractivity contribution is 0.174. The van der Waals surface area contributed by atoms with E-state index in [0.717, 1.165) is 24.5 Å². The van der Waals surface area contributed by atoms with Gasteiger partial charge in [0.25, 0.3) is 0 Å². The lowest BCUT2D eigenvalue weighted by Gasteiger charge is -2.01. The van der Waals surface area contributed by atoms with Crippen LogP contribution in [0.1, 0.15) is 5.56 Å². The summed E-state index contributed by atoms with van der Waals surface area (Å²) in [5, 5.41) is 3.11. The van der Waals surface area contributed by atoms with Crippen LogP contribution in [0.3, 0.4) is 0 Å². The Balaban J connectivity index is 0.000000980. The Bertz CT molecular complexity index is 302. The fourth-order valence-electron chi connectivity index (χ4n) is 1.37. The molecule has 4 N–H and O–H groups in total. The van der Waals surface area contributed by atoms with E-state index in [0.29, 0.717) is 6.79 Å². The topological polar surface area (TPSA) is 65.5 Å². The highest BCUT2D eigenvalue weighted by Gasteiger charge is 2.12. The van der Waals surface area contributed by atoms with Crippen LogP contribution in [0.5, 0.6) is 11.5 Å². The molecule has 0 unspecified atom stereocenters. The van der Waals surface area contributed by atoms with Gasteiger partial charge in [-0.15, -0.1) is 0 Å². The van der Waals surface area contributed by atoms with Crippen LogP contribution in [0.2, 0.25) is 0 Å². The van der Waals surface area contributed by atoms with Crippen molar-refractivity contribution < 1.29 is 9.47 Å². The van der Waals surface area contributed by atoms with Gasteiger partial charge in [-0.3, -0.25) is 0 Å². The molecule has 0 radical (unpaired) electrons. The molecular weight excluding hydrogens is 180 g/mol. The van der Waals surface area contributed by atoms with Crippen molar-refractivity contribution in [1.82, 2.24) is 11.5 Å². The molecule has 0 bridgehead atoms. The molecule has 0 aliphatic carbocycles. The van der Waals surface area contributed by atoms with E-state index in [1.165, 1.54) is 5.56 Å². The molecule has 0 spiro atoms. The van der Waals surface area contributed by atoms with Crippen LogP contribution < -0.4 is 20.9 Å². The molecular formula is C10H16N2O2. The number of rotatable bonds is 3. The molecule has 1 aliphatic rings. The van der Waals surface area contributed by atoms with Gasteiger partial charge in [0.15, 0.2) is 11.5 Å². The highest BCUT2D eigenvalue weighted by molar-refractivity contribution is 5.44. The SMILES string of the molecule is CNCCc1ccc2c(c1)OCO2.N. The van der Waals surface area contributed by atoms with Crippen molar-refractivity contribution in [1.29, 1.82) is 0 Å². The molecule has 4 nitrogen and oxygen atoms in total. The summed E-state index contributed by atoms with van der Waals surface area (Å²) in [6.45, 7) is 1.34. The zero-order chi connectivity index (χ0) is 9.10. The molecule has 0 aromatic heterocycles. The Kier molecular flexibility index (Phi) is 3.73. The minimum absolute atomic E-state index is 0. The molecule has 0 amide bonds. The molecule has 14 heavy (non-hydrogen) atoms. The summed E-state index contributed by atoms with van der Waals surface area (Å²) in [5.74, 6) is 1.72.